The Kier molecular flexibility index (Phi) is 4.97. The van der Waals surface area contributed by atoms with Crippen LogP contribution >= 0.6 is 11.6 Å². The number of nitrogens with one attached hydrogen (secondary N) is 1. The average molecular weight is 286 g/mol. The van der Waals surface area contributed by atoms with Gasteiger partial charge in [-0.05, 0) is 18.1 Å². The molecule has 0 saturated heterocycles. The van der Waals surface area contributed by atoms with Crippen LogP contribution in [0.4, 0.5) is 0 Å². The van der Waals surface area contributed by atoms with E-state index in [1.807, 2.05) is 67.6 Å². The zero-order valence-corrected chi connectivity index (χ0v) is 12.0. The van der Waals surface area contributed by atoms with Crippen LogP contribution in [0, 0.1) is 0 Å². The number of hydrogen-bond acceptors (Lipinski definition) is 1. The molecular weight excluding hydrogens is 270 g/mol. The minimum Gasteiger partial charge on any atom is -0.346 e. The van der Waals surface area contributed by atoms with Crippen LogP contribution in [0.5, 0.6) is 0 Å². The zero-order chi connectivity index (χ0) is 14.4. The van der Waals surface area contributed by atoms with E-state index >= 15 is 0 Å². The van der Waals surface area contributed by atoms with Crippen LogP contribution in [-0.2, 0) is 4.79 Å². The Morgan fingerprint density at radius 3 is 2.20 bits per heavy atom. The van der Waals surface area contributed by atoms with Crippen LogP contribution in [0.3, 0.4) is 0 Å². The summed E-state index contributed by atoms with van der Waals surface area (Å²) in [6.45, 7) is 1.94. The number of carbonyl (C=O) groups is 1. The fourth-order valence-electron chi connectivity index (χ4n) is 1.88. The summed E-state index contributed by atoms with van der Waals surface area (Å²) in [5, 5.41) is 3.33. The first-order valence-electron chi connectivity index (χ1n) is 6.45. The molecule has 0 aromatic heterocycles. The van der Waals surface area contributed by atoms with Crippen molar-refractivity contribution < 1.29 is 4.79 Å². The van der Waals surface area contributed by atoms with E-state index in [-0.39, 0.29) is 11.9 Å². The Labute approximate surface area is 124 Å². The smallest absolute Gasteiger partial charge is 0.245 e. The van der Waals surface area contributed by atoms with Crippen molar-refractivity contribution in [3.05, 3.63) is 77.9 Å². The molecule has 0 aliphatic carbocycles. The van der Waals surface area contributed by atoms with Crippen molar-refractivity contribution in [3.8, 4) is 0 Å². The van der Waals surface area contributed by atoms with E-state index in [4.69, 9.17) is 11.6 Å². The lowest BCUT2D eigenvalue weighted by atomic mass is 10.1. The fourth-order valence-corrected chi connectivity index (χ4v) is 2.10. The fraction of sp³-hybridized carbons (Fsp3) is 0.118. The summed E-state index contributed by atoms with van der Waals surface area (Å²) < 4.78 is 0. The Balaban J connectivity index is 2.02. The second-order valence-electron chi connectivity index (χ2n) is 4.50. The highest BCUT2D eigenvalue weighted by molar-refractivity contribution is 6.50. The average Bonchev–Trinajstić information content (AvgIpc) is 2.49. The molecule has 2 aromatic carbocycles. The van der Waals surface area contributed by atoms with Gasteiger partial charge in [-0.25, -0.2) is 0 Å². The molecule has 2 rings (SSSR count). The van der Waals surface area contributed by atoms with Crippen molar-refractivity contribution in [2.45, 2.75) is 13.0 Å². The molecule has 0 saturated carbocycles. The molecule has 102 valence electrons. The molecule has 0 aliphatic heterocycles. The first-order chi connectivity index (χ1) is 9.66. The van der Waals surface area contributed by atoms with Gasteiger partial charge in [0.25, 0.3) is 0 Å². The molecular formula is C17H16ClNO. The highest BCUT2D eigenvalue weighted by atomic mass is 35.5. The van der Waals surface area contributed by atoms with Gasteiger partial charge >= 0.3 is 0 Å². The highest BCUT2D eigenvalue weighted by Gasteiger charge is 2.08. The quantitative estimate of drug-likeness (QED) is 0.840. The van der Waals surface area contributed by atoms with E-state index in [0.29, 0.717) is 5.03 Å². The zero-order valence-electron chi connectivity index (χ0n) is 11.2. The minimum atomic E-state index is -0.199. The molecule has 0 aliphatic rings. The summed E-state index contributed by atoms with van der Waals surface area (Å²) in [4.78, 5) is 11.9. The lowest BCUT2D eigenvalue weighted by Gasteiger charge is -2.12. The standard InChI is InChI=1S/C17H16ClNO/c1-13(14-8-4-2-5-9-14)19-17(20)12-16(18)15-10-6-3-7-11-15/h2-13H,1H3,(H,19,20)/t13-/m0/s1. The Bertz CT molecular complexity index is 593. The Hall–Kier alpha value is -2.06. The molecule has 0 unspecified atom stereocenters. The molecule has 2 aromatic rings. The highest BCUT2D eigenvalue weighted by Crippen LogP contribution is 2.18. The van der Waals surface area contributed by atoms with Gasteiger partial charge in [-0.1, -0.05) is 72.3 Å². The summed E-state index contributed by atoms with van der Waals surface area (Å²) in [7, 11) is 0. The molecule has 0 spiro atoms. The number of amides is 1. The number of hydrogen-bond donors (Lipinski definition) is 1. The monoisotopic (exact) mass is 285 g/mol. The van der Waals surface area contributed by atoms with E-state index in [1.54, 1.807) is 0 Å². The van der Waals surface area contributed by atoms with E-state index in [1.165, 1.54) is 6.08 Å². The van der Waals surface area contributed by atoms with Gasteiger partial charge < -0.3 is 5.32 Å². The van der Waals surface area contributed by atoms with Crippen molar-refractivity contribution in [2.75, 3.05) is 0 Å². The van der Waals surface area contributed by atoms with Crippen LogP contribution in [0.1, 0.15) is 24.1 Å². The normalized spacial score (nSPS) is 12.8. The van der Waals surface area contributed by atoms with Crippen LogP contribution in [0.25, 0.3) is 5.03 Å². The number of benzene rings is 2. The number of rotatable bonds is 4. The molecule has 0 heterocycles. The van der Waals surface area contributed by atoms with Gasteiger partial charge in [0.05, 0.1) is 11.1 Å². The van der Waals surface area contributed by atoms with Crippen molar-refractivity contribution in [1.82, 2.24) is 5.32 Å². The van der Waals surface area contributed by atoms with Gasteiger partial charge in [0.2, 0.25) is 5.91 Å². The number of carbonyl (C=O) groups excluding carboxylic acids is 1. The third-order valence-corrected chi connectivity index (χ3v) is 3.29. The van der Waals surface area contributed by atoms with Crippen LogP contribution in [-0.4, -0.2) is 5.91 Å². The molecule has 3 heteroatoms. The summed E-state index contributed by atoms with van der Waals surface area (Å²) in [6, 6.07) is 19.2. The molecule has 20 heavy (non-hydrogen) atoms. The summed E-state index contributed by atoms with van der Waals surface area (Å²) >= 11 is 6.13. The molecule has 1 atom stereocenters. The molecule has 0 fully saturated rings. The third-order valence-electron chi connectivity index (χ3n) is 2.97. The van der Waals surface area contributed by atoms with Crippen LogP contribution in [0.15, 0.2) is 66.7 Å². The topological polar surface area (TPSA) is 29.1 Å². The predicted octanol–water partition coefficient (Wildman–Crippen LogP) is 4.14. The maximum absolute atomic E-state index is 11.9. The summed E-state index contributed by atoms with van der Waals surface area (Å²) in [5.74, 6) is -0.199. The van der Waals surface area contributed by atoms with Gasteiger partial charge in [-0.2, -0.15) is 0 Å². The van der Waals surface area contributed by atoms with Crippen molar-refractivity contribution >= 4 is 22.5 Å². The third kappa shape index (κ3) is 3.97. The Morgan fingerprint density at radius 1 is 1.05 bits per heavy atom. The molecule has 2 nitrogen and oxygen atoms in total. The number of halogens is 1. The molecule has 0 radical (unpaired) electrons. The van der Waals surface area contributed by atoms with Crippen LogP contribution < -0.4 is 5.32 Å². The molecule has 1 N–H and O–H groups in total. The Morgan fingerprint density at radius 2 is 1.60 bits per heavy atom. The van der Waals surface area contributed by atoms with E-state index in [9.17, 15) is 4.79 Å². The maximum Gasteiger partial charge on any atom is 0.245 e. The summed E-state index contributed by atoms with van der Waals surface area (Å²) in [6.07, 6.45) is 1.41. The van der Waals surface area contributed by atoms with Crippen molar-refractivity contribution in [1.29, 1.82) is 0 Å². The van der Waals surface area contributed by atoms with Crippen molar-refractivity contribution in [2.24, 2.45) is 0 Å². The van der Waals surface area contributed by atoms with Gasteiger partial charge in [-0.3, -0.25) is 4.79 Å². The first-order valence-corrected chi connectivity index (χ1v) is 6.82. The molecule has 1 amide bonds. The lowest BCUT2D eigenvalue weighted by molar-refractivity contribution is -0.117. The van der Waals surface area contributed by atoms with Crippen LogP contribution in [0.2, 0.25) is 0 Å². The van der Waals surface area contributed by atoms with Crippen molar-refractivity contribution in [3.63, 3.8) is 0 Å². The largest absolute Gasteiger partial charge is 0.346 e. The predicted molar refractivity (Wildman–Crippen MR) is 83.3 cm³/mol. The molecule has 0 bridgehead atoms. The summed E-state index contributed by atoms with van der Waals surface area (Å²) in [5.41, 5.74) is 1.89. The maximum atomic E-state index is 11.9. The van der Waals surface area contributed by atoms with Gasteiger partial charge in [0.1, 0.15) is 0 Å². The second-order valence-corrected chi connectivity index (χ2v) is 4.91. The minimum absolute atomic E-state index is 0.0554. The van der Waals surface area contributed by atoms with E-state index in [0.717, 1.165) is 11.1 Å². The van der Waals surface area contributed by atoms with Gasteiger partial charge in [0.15, 0.2) is 0 Å². The lowest BCUT2D eigenvalue weighted by Crippen LogP contribution is -2.24. The second kappa shape index (κ2) is 6.92. The van der Waals surface area contributed by atoms with Gasteiger partial charge in [-0.15, -0.1) is 0 Å². The van der Waals surface area contributed by atoms with E-state index in [2.05, 4.69) is 5.32 Å². The van der Waals surface area contributed by atoms with E-state index < -0.39 is 0 Å². The first kappa shape index (κ1) is 14.4. The SMILES string of the molecule is C[C@H](NC(=O)C=C(Cl)c1ccccc1)c1ccccc1. The van der Waals surface area contributed by atoms with Gasteiger partial charge in [0, 0.05) is 6.08 Å².